The van der Waals surface area contributed by atoms with Crippen LogP contribution in [0.2, 0.25) is 0 Å². The third kappa shape index (κ3) is 2.66. The number of aliphatic hydroxyl groups is 1. The van der Waals surface area contributed by atoms with Crippen LogP contribution in [0.5, 0.6) is 0 Å². The smallest absolute Gasteiger partial charge is 0.302 e. The molecule has 4 heteroatoms. The number of esters is 1. The van der Waals surface area contributed by atoms with E-state index < -0.39 is 0 Å². The van der Waals surface area contributed by atoms with Gasteiger partial charge in [-0.3, -0.25) is 4.79 Å². The average Bonchev–Trinajstić information content (AvgIpc) is 3.34. The molecule has 6 aliphatic rings. The summed E-state index contributed by atoms with van der Waals surface area (Å²) in [4.78, 5) is 11.5. The van der Waals surface area contributed by atoms with Crippen molar-refractivity contribution in [1.82, 2.24) is 0 Å². The molecule has 0 aromatic carbocycles. The van der Waals surface area contributed by atoms with Gasteiger partial charge in [0.15, 0.2) is 0 Å². The molecule has 0 radical (unpaired) electrons. The molecule has 6 fully saturated rings. The van der Waals surface area contributed by atoms with Gasteiger partial charge in [-0.1, -0.05) is 34.6 Å². The molecule has 11 unspecified atom stereocenters. The van der Waals surface area contributed by atoms with Crippen LogP contribution >= 0.6 is 0 Å². The molecule has 11 atom stereocenters. The molecule has 0 aromatic heterocycles. The third-order valence-electron chi connectivity index (χ3n) is 13.5. The SMILES string of the molecule is CC(=O)OCC1(C)CC(C)C2C(CC3(C)C4CCC5C(C)(C)C(O)CCC56CC46CCC23C)O1. The van der Waals surface area contributed by atoms with E-state index in [0.717, 1.165) is 25.2 Å². The minimum atomic E-state index is -0.369. The lowest BCUT2D eigenvalue weighted by Crippen LogP contribution is -2.58. The quantitative estimate of drug-likeness (QED) is 0.490. The highest BCUT2D eigenvalue weighted by atomic mass is 16.6. The van der Waals surface area contributed by atoms with E-state index in [4.69, 9.17) is 9.47 Å². The molecule has 0 bridgehead atoms. The highest BCUT2D eigenvalue weighted by molar-refractivity contribution is 5.65. The number of hydrogen-bond acceptors (Lipinski definition) is 4. The summed E-state index contributed by atoms with van der Waals surface area (Å²) in [5.41, 5.74) is 1.28. The zero-order valence-electron chi connectivity index (χ0n) is 22.7. The molecule has 2 spiro atoms. The lowest BCUT2D eigenvalue weighted by Gasteiger charge is -2.63. The van der Waals surface area contributed by atoms with E-state index in [1.54, 1.807) is 0 Å². The van der Waals surface area contributed by atoms with Crippen molar-refractivity contribution in [2.24, 2.45) is 50.7 Å². The number of carbonyl (C=O) groups excluding carboxylic acids is 1. The Morgan fingerprint density at radius 1 is 0.941 bits per heavy atom. The van der Waals surface area contributed by atoms with Crippen LogP contribution in [-0.2, 0) is 14.3 Å². The van der Waals surface area contributed by atoms with Gasteiger partial charge < -0.3 is 14.6 Å². The maximum Gasteiger partial charge on any atom is 0.302 e. The van der Waals surface area contributed by atoms with Gasteiger partial charge in [-0.05, 0) is 115 Å². The van der Waals surface area contributed by atoms with E-state index in [0.29, 0.717) is 46.0 Å². The van der Waals surface area contributed by atoms with Crippen LogP contribution in [0.3, 0.4) is 0 Å². The van der Waals surface area contributed by atoms with Crippen LogP contribution in [0.15, 0.2) is 0 Å². The average molecular weight is 473 g/mol. The Labute approximate surface area is 206 Å². The second kappa shape index (κ2) is 6.82. The zero-order chi connectivity index (χ0) is 24.5. The molecule has 1 N–H and O–H groups in total. The summed E-state index contributed by atoms with van der Waals surface area (Å²) in [6.45, 7) is 16.4. The Hall–Kier alpha value is -0.610. The first-order chi connectivity index (χ1) is 15.7. The maximum atomic E-state index is 11.5. The van der Waals surface area contributed by atoms with Crippen molar-refractivity contribution in [3.05, 3.63) is 0 Å². The van der Waals surface area contributed by atoms with E-state index in [-0.39, 0.29) is 29.2 Å². The third-order valence-corrected chi connectivity index (χ3v) is 13.5. The summed E-state index contributed by atoms with van der Waals surface area (Å²) in [5.74, 6) is 2.42. The van der Waals surface area contributed by atoms with Gasteiger partial charge in [-0.15, -0.1) is 0 Å². The molecule has 4 nitrogen and oxygen atoms in total. The number of ether oxygens (including phenoxy) is 2. The summed E-state index contributed by atoms with van der Waals surface area (Å²) in [6, 6.07) is 0. The first kappa shape index (κ1) is 23.8. The lowest BCUT2D eigenvalue weighted by atomic mass is 9.41. The predicted molar refractivity (Wildman–Crippen MR) is 132 cm³/mol. The van der Waals surface area contributed by atoms with Gasteiger partial charge in [0, 0.05) is 6.92 Å². The number of hydrogen-bond donors (Lipinski definition) is 1. The van der Waals surface area contributed by atoms with Crippen LogP contribution in [-0.4, -0.2) is 35.5 Å². The van der Waals surface area contributed by atoms with Gasteiger partial charge in [-0.25, -0.2) is 0 Å². The lowest BCUT2D eigenvalue weighted by molar-refractivity contribution is -0.198. The summed E-state index contributed by atoms with van der Waals surface area (Å²) in [5, 5.41) is 10.9. The first-order valence-electron chi connectivity index (χ1n) is 14.2. The Bertz CT molecular complexity index is 898. The molecular formula is C30H48O4. The van der Waals surface area contributed by atoms with Gasteiger partial charge in [0.2, 0.25) is 0 Å². The fraction of sp³-hybridized carbons (Fsp3) is 0.967. The molecule has 0 aromatic rings. The van der Waals surface area contributed by atoms with Crippen molar-refractivity contribution in [3.63, 3.8) is 0 Å². The Kier molecular flexibility index (Phi) is 4.77. The minimum absolute atomic E-state index is 0.0498. The normalized spacial score (nSPS) is 59.1. The van der Waals surface area contributed by atoms with Crippen LogP contribution in [0.25, 0.3) is 0 Å². The van der Waals surface area contributed by atoms with Gasteiger partial charge >= 0.3 is 5.97 Å². The molecule has 1 aliphatic heterocycles. The largest absolute Gasteiger partial charge is 0.463 e. The molecular weight excluding hydrogens is 424 g/mol. The molecule has 5 saturated carbocycles. The highest BCUT2D eigenvalue weighted by Gasteiger charge is 2.83. The Morgan fingerprint density at radius 2 is 1.62 bits per heavy atom. The van der Waals surface area contributed by atoms with E-state index in [1.165, 1.54) is 45.4 Å². The van der Waals surface area contributed by atoms with Crippen molar-refractivity contribution in [3.8, 4) is 0 Å². The summed E-state index contributed by atoms with van der Waals surface area (Å²) < 4.78 is 12.4. The van der Waals surface area contributed by atoms with Crippen LogP contribution < -0.4 is 0 Å². The van der Waals surface area contributed by atoms with E-state index in [1.807, 2.05) is 0 Å². The molecule has 0 amide bonds. The van der Waals surface area contributed by atoms with E-state index in [2.05, 4.69) is 41.5 Å². The predicted octanol–water partition coefficient (Wildman–Crippen LogP) is 6.14. The zero-order valence-corrected chi connectivity index (χ0v) is 22.7. The summed E-state index contributed by atoms with van der Waals surface area (Å²) in [7, 11) is 0. The minimum Gasteiger partial charge on any atom is -0.463 e. The first-order valence-corrected chi connectivity index (χ1v) is 14.2. The summed E-state index contributed by atoms with van der Waals surface area (Å²) in [6.07, 6.45) is 11.2. The molecule has 6 rings (SSSR count). The topological polar surface area (TPSA) is 55.8 Å². The number of carbonyl (C=O) groups is 1. The molecule has 1 heterocycles. The standard InChI is InChI=1S/C30H48O4/c1-18-14-26(5,17-33-19(2)31)34-20-15-28(7)22-9-8-21-25(3,4)23(32)10-11-29(21)16-30(22,29)13-12-27(28,6)24(18)20/h18,20-24,32H,8-17H2,1-7H3. The van der Waals surface area contributed by atoms with Crippen molar-refractivity contribution in [1.29, 1.82) is 0 Å². The van der Waals surface area contributed by atoms with Crippen molar-refractivity contribution < 1.29 is 19.4 Å². The van der Waals surface area contributed by atoms with Gasteiger partial charge in [0.05, 0.1) is 12.2 Å². The monoisotopic (exact) mass is 472 g/mol. The van der Waals surface area contributed by atoms with Crippen LogP contribution in [0.4, 0.5) is 0 Å². The summed E-state index contributed by atoms with van der Waals surface area (Å²) >= 11 is 0. The van der Waals surface area contributed by atoms with Gasteiger partial charge in [-0.2, -0.15) is 0 Å². The molecule has 192 valence electrons. The van der Waals surface area contributed by atoms with Crippen LogP contribution in [0.1, 0.15) is 106 Å². The van der Waals surface area contributed by atoms with Gasteiger partial charge in [0.25, 0.3) is 0 Å². The number of aliphatic hydroxyl groups excluding tert-OH is 1. The second-order valence-corrected chi connectivity index (χ2v) is 15.2. The second-order valence-electron chi connectivity index (χ2n) is 15.2. The van der Waals surface area contributed by atoms with Crippen molar-refractivity contribution in [2.75, 3.05) is 6.61 Å². The molecule has 1 saturated heterocycles. The number of rotatable bonds is 2. The van der Waals surface area contributed by atoms with Crippen molar-refractivity contribution >= 4 is 5.97 Å². The maximum absolute atomic E-state index is 11.5. The van der Waals surface area contributed by atoms with Gasteiger partial charge in [0.1, 0.15) is 12.2 Å². The number of fused-ring (bicyclic) bond motifs is 4. The van der Waals surface area contributed by atoms with E-state index >= 15 is 0 Å². The Balaban J connectivity index is 1.32. The Morgan fingerprint density at radius 3 is 2.32 bits per heavy atom. The molecule has 5 aliphatic carbocycles. The van der Waals surface area contributed by atoms with Crippen LogP contribution in [0, 0.1) is 50.7 Å². The fourth-order valence-electron chi connectivity index (χ4n) is 12.1. The highest BCUT2D eigenvalue weighted by Crippen LogP contribution is 2.89. The van der Waals surface area contributed by atoms with Crippen molar-refractivity contribution in [2.45, 2.75) is 124 Å². The van der Waals surface area contributed by atoms with E-state index in [9.17, 15) is 9.90 Å². The molecule has 34 heavy (non-hydrogen) atoms. The fourth-order valence-corrected chi connectivity index (χ4v) is 12.1.